The molecule has 3 aliphatic heterocycles. The van der Waals surface area contributed by atoms with Crippen molar-refractivity contribution in [3.05, 3.63) is 0 Å². The summed E-state index contributed by atoms with van der Waals surface area (Å²) in [5, 5.41) is 87.8. The molecule has 88 heavy (non-hydrogen) atoms. The Morgan fingerprint density at radius 1 is 0.489 bits per heavy atom. The molecule has 0 aromatic heterocycles. The van der Waals surface area contributed by atoms with Gasteiger partial charge in [0.25, 0.3) is 0 Å². The highest BCUT2D eigenvalue weighted by Crippen LogP contribution is 2.45. The predicted molar refractivity (Wildman–Crippen MR) is 301 cm³/mol. The van der Waals surface area contributed by atoms with Gasteiger partial charge >= 0.3 is 53.7 Å². The van der Waals surface area contributed by atoms with E-state index in [0.29, 0.717) is 21.1 Å². The van der Waals surface area contributed by atoms with E-state index in [-0.39, 0.29) is 83.8 Å². The molecule has 6 amide bonds. The van der Waals surface area contributed by atoms with Gasteiger partial charge in [0.05, 0.1) is 63.2 Å². The maximum absolute atomic E-state index is 14.4. The topological polar surface area (TPSA) is 477 Å². The van der Waals surface area contributed by atoms with Crippen LogP contribution >= 0.6 is 11.8 Å². The van der Waals surface area contributed by atoms with E-state index in [1.165, 1.54) is 26.7 Å². The molecule has 494 valence electrons. The van der Waals surface area contributed by atoms with E-state index >= 15 is 0 Å². The maximum atomic E-state index is 14.4. The molecule has 0 aromatic rings. The van der Waals surface area contributed by atoms with Crippen LogP contribution in [-0.2, 0) is 76.8 Å². The van der Waals surface area contributed by atoms with Gasteiger partial charge in [-0.05, 0) is 66.2 Å². The highest BCUT2D eigenvalue weighted by molar-refractivity contribution is 8.00. The van der Waals surface area contributed by atoms with Gasteiger partial charge in [0, 0.05) is 95.8 Å². The fourth-order valence-corrected chi connectivity index (χ4v) is 12.6. The summed E-state index contributed by atoms with van der Waals surface area (Å²) in [6.45, 7) is -0.887. The molecule has 3 aliphatic rings. The van der Waals surface area contributed by atoms with Gasteiger partial charge in [0.15, 0.2) is 0 Å². The predicted octanol–water partition coefficient (Wildman–Crippen LogP) is -2.35. The smallest absolute Gasteiger partial charge is 0.320 e. The van der Waals surface area contributed by atoms with E-state index in [1.807, 2.05) is 27.7 Å². The first-order valence-electron chi connectivity index (χ1n) is 28.2. The lowest BCUT2D eigenvalue weighted by atomic mass is 9.93. The number of hydrogen-bond donors (Lipinski definition) is 9. The van der Waals surface area contributed by atoms with Crippen molar-refractivity contribution in [2.24, 2.45) is 0 Å². The molecule has 3 heterocycles. The van der Waals surface area contributed by atoms with Gasteiger partial charge in [-0.2, -0.15) is 5.06 Å². The van der Waals surface area contributed by atoms with E-state index in [1.54, 1.807) is 5.06 Å². The van der Waals surface area contributed by atoms with Crippen LogP contribution in [0.25, 0.3) is 0 Å². The first-order chi connectivity index (χ1) is 41.0. The average Bonchev–Trinajstić information content (AvgIpc) is 1.59. The lowest BCUT2D eigenvalue weighted by molar-refractivity contribution is -0.224. The van der Waals surface area contributed by atoms with Crippen LogP contribution in [-0.4, -0.2) is 324 Å². The molecule has 0 aromatic carbocycles. The zero-order chi connectivity index (χ0) is 66.5. The number of carboxylic acid groups (broad SMARTS) is 9. The third kappa shape index (κ3) is 22.5. The lowest BCUT2D eigenvalue weighted by Crippen LogP contribution is -2.55. The van der Waals surface area contributed by atoms with Crippen molar-refractivity contribution in [2.75, 3.05) is 104 Å². The number of aliphatic carboxylic acids is 9. The Morgan fingerprint density at radius 3 is 1.05 bits per heavy atom. The summed E-state index contributed by atoms with van der Waals surface area (Å²) < 4.78 is 0. The summed E-state index contributed by atoms with van der Waals surface area (Å²) >= 11 is 1.08. The number of carbonyl (C=O) groups is 15. The number of carboxylic acids is 9. The molecule has 0 radical (unpaired) electrons. The first kappa shape index (κ1) is 74.7. The summed E-state index contributed by atoms with van der Waals surface area (Å²) in [7, 11) is 1.50. The largest absolute Gasteiger partial charge is 0.480 e. The SMILES string of the molecule is CON1C(C)(C)CC(N2C(=O)CC(SCCC(=O)N3CCCN(C(=O)CCC(C(=O)O)N(CC(=O)O)CC(=O)O)CCN(C(=O)CCC(C(=O)O)N(CC(=O)O)CC(=O)O)CCCN(C(=O)CCC(C(=O)O)N(CC(=O)O)CC(=O)O)CC3)C2=O)C1(C)C. The van der Waals surface area contributed by atoms with Crippen molar-refractivity contribution in [2.45, 2.75) is 139 Å². The fraction of sp³-hybridized carbons (Fsp3) is 0.717. The van der Waals surface area contributed by atoms with Crippen molar-refractivity contribution >= 4 is 101 Å². The Bertz CT molecular complexity index is 2560. The number of likely N-dealkylation sites (tertiary alicyclic amines) is 1. The molecule has 35 heteroatoms. The molecule has 5 atom stereocenters. The molecule has 34 nitrogen and oxygen atoms in total. The van der Waals surface area contributed by atoms with Crippen LogP contribution in [0.2, 0.25) is 0 Å². The summed E-state index contributed by atoms with van der Waals surface area (Å²) in [4.78, 5) is 205. The standard InChI is InChI=1S/C53H81N9O25S/c1-52(2)25-36(53(3,4)62(52)87-5)61-41(67)24-35(48(61)80)88-23-14-40(66)57-18-7-17-55(38(64)12-9-33(50(83)84)59(28-44(72)73)29-45(74)75)20-19-54(37(63)11-8-32(49(81)82)58(26-42(68)69)27-43(70)71)15-6-16-56(21-22-57)39(65)13-10-34(51(85)86)60(30-46(76)77)31-47(78)79/h32-36H,6-31H2,1-5H3,(H,68,69)(H,70,71)(H,72,73)(H,74,75)(H,76,77)(H,78,79)(H,81,82)(H,83,84)(H,85,86). The van der Waals surface area contributed by atoms with Gasteiger partial charge in [-0.15, -0.1) is 11.8 Å². The van der Waals surface area contributed by atoms with Crippen molar-refractivity contribution in [1.82, 2.24) is 44.3 Å². The third-order valence-electron chi connectivity index (χ3n) is 15.4. The van der Waals surface area contributed by atoms with Crippen LogP contribution in [0.1, 0.15) is 98.3 Å². The Kier molecular flexibility index (Phi) is 29.0. The monoisotopic (exact) mass is 1280 g/mol. The maximum Gasteiger partial charge on any atom is 0.320 e. The van der Waals surface area contributed by atoms with Crippen molar-refractivity contribution in [1.29, 1.82) is 0 Å². The minimum absolute atomic E-state index is 0.0172. The molecule has 9 N–H and O–H groups in total. The number of imide groups is 1. The Morgan fingerprint density at radius 2 is 0.784 bits per heavy atom. The molecule has 0 aliphatic carbocycles. The van der Waals surface area contributed by atoms with Gasteiger partial charge in [-0.1, -0.05) is 0 Å². The average molecular weight is 1280 g/mol. The second-order valence-corrected chi connectivity index (χ2v) is 23.9. The van der Waals surface area contributed by atoms with Crippen LogP contribution < -0.4 is 0 Å². The van der Waals surface area contributed by atoms with Crippen molar-refractivity contribution < 1.29 is 123 Å². The normalized spacial score (nSPS) is 19.7. The number of amides is 6. The van der Waals surface area contributed by atoms with Crippen LogP contribution in [0, 0.1) is 0 Å². The number of carbonyl (C=O) groups excluding carboxylic acids is 6. The van der Waals surface area contributed by atoms with Crippen molar-refractivity contribution in [3.63, 3.8) is 0 Å². The van der Waals surface area contributed by atoms with Crippen molar-refractivity contribution in [3.8, 4) is 0 Å². The molecule has 5 unspecified atom stereocenters. The van der Waals surface area contributed by atoms with E-state index in [9.17, 15) is 118 Å². The van der Waals surface area contributed by atoms with Crippen LogP contribution in [0.15, 0.2) is 0 Å². The Hall–Kier alpha value is -7.60. The lowest BCUT2D eigenvalue weighted by Gasteiger charge is -2.40. The minimum Gasteiger partial charge on any atom is -0.480 e. The first-order valence-corrected chi connectivity index (χ1v) is 29.2. The second-order valence-electron chi connectivity index (χ2n) is 22.6. The van der Waals surface area contributed by atoms with Gasteiger partial charge in [0.1, 0.15) is 18.1 Å². The number of thioether (sulfide) groups is 1. The molecular weight excluding hydrogens is 1190 g/mol. The Balaban J connectivity index is 2.05. The summed E-state index contributed by atoms with van der Waals surface area (Å²) in [5.41, 5.74) is -1.32. The quantitative estimate of drug-likeness (QED) is 0.0311. The van der Waals surface area contributed by atoms with Gasteiger partial charge < -0.3 is 70.4 Å². The zero-order valence-electron chi connectivity index (χ0n) is 49.8. The summed E-state index contributed by atoms with van der Waals surface area (Å²) in [5.74, 6) is -18.1. The van der Waals surface area contributed by atoms with E-state index in [0.717, 1.165) is 16.7 Å². The minimum atomic E-state index is -1.82. The zero-order valence-corrected chi connectivity index (χ0v) is 50.6. The molecule has 3 saturated heterocycles. The fourth-order valence-electron chi connectivity index (χ4n) is 11.5. The van der Waals surface area contributed by atoms with Gasteiger partial charge in [0.2, 0.25) is 35.4 Å². The van der Waals surface area contributed by atoms with Gasteiger partial charge in [-0.3, -0.25) is 91.5 Å². The highest BCUT2D eigenvalue weighted by Gasteiger charge is 2.58. The highest BCUT2D eigenvalue weighted by atomic mass is 32.2. The van der Waals surface area contributed by atoms with E-state index < -0.39 is 207 Å². The number of hydroxylamine groups is 2. The molecule has 3 fully saturated rings. The van der Waals surface area contributed by atoms with E-state index in [2.05, 4.69) is 0 Å². The van der Waals surface area contributed by atoms with E-state index in [4.69, 9.17) is 4.84 Å². The molecule has 0 bridgehead atoms. The number of nitrogens with zero attached hydrogens (tertiary/aromatic N) is 9. The summed E-state index contributed by atoms with van der Waals surface area (Å²) in [6.07, 6.45) is -3.93. The molecule has 3 rings (SSSR count). The second kappa shape index (κ2) is 34.2. The number of rotatable bonds is 33. The van der Waals surface area contributed by atoms with Crippen LogP contribution in [0.4, 0.5) is 0 Å². The van der Waals surface area contributed by atoms with Crippen LogP contribution in [0.5, 0.6) is 0 Å². The van der Waals surface area contributed by atoms with Gasteiger partial charge in [-0.25, -0.2) is 0 Å². The van der Waals surface area contributed by atoms with Crippen LogP contribution in [0.3, 0.4) is 0 Å². The number of hydrogen-bond acceptors (Lipinski definition) is 21. The molecular formula is C53H81N9O25S. The third-order valence-corrected chi connectivity index (χ3v) is 16.6. The Labute approximate surface area is 509 Å². The summed E-state index contributed by atoms with van der Waals surface area (Å²) in [6, 6.07) is -5.97. The molecule has 0 spiro atoms. The molecule has 0 saturated carbocycles.